The summed E-state index contributed by atoms with van der Waals surface area (Å²) in [7, 11) is 0. The molecule has 1 aromatic heterocycles. The molecular weight excluding hydrogens is 383 g/mol. The number of hydrogen-bond acceptors (Lipinski definition) is 1. The first-order valence-electron chi connectivity index (χ1n) is 6.56. The van der Waals surface area contributed by atoms with E-state index in [1.807, 2.05) is 59.3 Å². The second-order valence-corrected chi connectivity index (χ2v) is 6.31. The molecule has 2 nitrogen and oxygen atoms in total. The lowest BCUT2D eigenvalue weighted by molar-refractivity contribution is 1.07. The molecule has 0 saturated heterocycles. The summed E-state index contributed by atoms with van der Waals surface area (Å²) < 4.78 is 3.10. The second kappa shape index (κ2) is 6.69. The lowest BCUT2D eigenvalue weighted by Crippen LogP contribution is -1.97. The predicted octanol–water partition coefficient (Wildman–Crippen LogP) is 6.30. The molecule has 5 heteroatoms. The summed E-state index contributed by atoms with van der Waals surface area (Å²) in [5, 5.41) is 0.960. The average Bonchev–Trinajstić information content (AvgIpc) is 2.98. The van der Waals surface area contributed by atoms with Crippen molar-refractivity contribution in [1.82, 2.24) is 4.57 Å². The highest BCUT2D eigenvalue weighted by molar-refractivity contribution is 9.10. The van der Waals surface area contributed by atoms with Crippen LogP contribution < -0.4 is 0 Å². The van der Waals surface area contributed by atoms with Crippen molar-refractivity contribution < 1.29 is 0 Å². The van der Waals surface area contributed by atoms with Crippen molar-refractivity contribution in [3.63, 3.8) is 0 Å². The number of rotatable bonds is 3. The molecule has 3 rings (SSSR count). The van der Waals surface area contributed by atoms with Crippen LogP contribution in [0.5, 0.6) is 0 Å². The molecule has 0 aliphatic rings. The van der Waals surface area contributed by atoms with Crippen LogP contribution in [0.25, 0.3) is 5.69 Å². The van der Waals surface area contributed by atoms with E-state index in [1.54, 1.807) is 12.3 Å². The summed E-state index contributed by atoms with van der Waals surface area (Å²) in [4.78, 5) is 4.44. The number of hydrogen-bond donors (Lipinski definition) is 0. The molecule has 1 heterocycles. The minimum atomic E-state index is 0.460. The molecule has 0 atom stereocenters. The summed E-state index contributed by atoms with van der Waals surface area (Å²) in [6.07, 6.45) is 3.77. The zero-order valence-electron chi connectivity index (χ0n) is 11.4. The molecule has 0 unspecified atom stereocenters. The first kappa shape index (κ1) is 15.3. The number of nitrogens with zero attached hydrogens (tertiary/aromatic N) is 2. The van der Waals surface area contributed by atoms with E-state index in [-0.39, 0.29) is 0 Å². The highest BCUT2D eigenvalue weighted by Crippen LogP contribution is 2.31. The van der Waals surface area contributed by atoms with Gasteiger partial charge in [0.1, 0.15) is 0 Å². The van der Waals surface area contributed by atoms with E-state index in [0.717, 1.165) is 15.9 Å². The van der Waals surface area contributed by atoms with Crippen molar-refractivity contribution in [2.75, 3.05) is 0 Å². The third-order valence-corrected chi connectivity index (χ3v) is 4.49. The van der Waals surface area contributed by atoms with Crippen LogP contribution >= 0.6 is 39.1 Å². The van der Waals surface area contributed by atoms with Crippen LogP contribution in [-0.2, 0) is 0 Å². The Hall–Kier alpha value is -1.55. The molecule has 0 spiro atoms. The van der Waals surface area contributed by atoms with Gasteiger partial charge in [-0.2, -0.15) is 0 Å². The van der Waals surface area contributed by atoms with Gasteiger partial charge in [-0.15, -0.1) is 0 Å². The zero-order chi connectivity index (χ0) is 15.5. The molecule has 0 fully saturated rings. The minimum absolute atomic E-state index is 0.460. The minimum Gasteiger partial charge on any atom is -0.316 e. The van der Waals surface area contributed by atoms with Gasteiger partial charge in [0.2, 0.25) is 0 Å². The third kappa shape index (κ3) is 3.27. The Morgan fingerprint density at radius 2 is 1.73 bits per heavy atom. The van der Waals surface area contributed by atoms with E-state index >= 15 is 0 Å². The van der Waals surface area contributed by atoms with Gasteiger partial charge >= 0.3 is 0 Å². The molecular formula is C17H11BrCl2N2. The number of aromatic nitrogens is 1. The molecule has 0 aliphatic carbocycles. The normalized spacial score (nSPS) is 11.2. The summed E-state index contributed by atoms with van der Waals surface area (Å²) in [6.45, 7) is 0. The summed E-state index contributed by atoms with van der Waals surface area (Å²) in [5.74, 6) is 0. The van der Waals surface area contributed by atoms with Crippen LogP contribution in [0.2, 0.25) is 10.0 Å². The fourth-order valence-electron chi connectivity index (χ4n) is 2.06. The third-order valence-electron chi connectivity index (χ3n) is 3.15. The van der Waals surface area contributed by atoms with E-state index in [4.69, 9.17) is 23.2 Å². The molecule has 0 bridgehead atoms. The zero-order valence-corrected chi connectivity index (χ0v) is 14.5. The maximum atomic E-state index is 6.15. The average molecular weight is 394 g/mol. The highest BCUT2D eigenvalue weighted by Gasteiger charge is 2.04. The SMILES string of the molecule is Clc1cccc(N=Cc2cccn2-c2ccc(Br)cc2)c1Cl. The molecule has 0 amide bonds. The van der Waals surface area contributed by atoms with Gasteiger partial charge in [-0.1, -0.05) is 45.2 Å². The summed E-state index contributed by atoms with van der Waals surface area (Å²) in [5.41, 5.74) is 2.67. The first-order chi connectivity index (χ1) is 10.6. The number of benzene rings is 2. The van der Waals surface area contributed by atoms with E-state index < -0.39 is 0 Å². The first-order valence-corrected chi connectivity index (χ1v) is 8.11. The predicted molar refractivity (Wildman–Crippen MR) is 97.2 cm³/mol. The van der Waals surface area contributed by atoms with Crippen LogP contribution in [0.1, 0.15) is 5.69 Å². The van der Waals surface area contributed by atoms with E-state index in [9.17, 15) is 0 Å². The van der Waals surface area contributed by atoms with E-state index in [2.05, 4.69) is 20.9 Å². The van der Waals surface area contributed by atoms with Gasteiger partial charge in [-0.3, -0.25) is 4.99 Å². The monoisotopic (exact) mass is 392 g/mol. The summed E-state index contributed by atoms with van der Waals surface area (Å²) in [6, 6.07) is 17.4. The van der Waals surface area contributed by atoms with Crippen molar-refractivity contribution in [2.24, 2.45) is 4.99 Å². The molecule has 3 aromatic rings. The molecule has 0 radical (unpaired) electrons. The quantitative estimate of drug-likeness (QED) is 0.464. The second-order valence-electron chi connectivity index (χ2n) is 4.61. The van der Waals surface area contributed by atoms with E-state index in [1.165, 1.54) is 0 Å². The highest BCUT2D eigenvalue weighted by atomic mass is 79.9. The number of halogens is 3. The number of aliphatic imine (C=N–C) groups is 1. The van der Waals surface area contributed by atoms with E-state index in [0.29, 0.717) is 15.7 Å². The lowest BCUT2D eigenvalue weighted by atomic mass is 10.3. The smallest absolute Gasteiger partial charge is 0.0848 e. The van der Waals surface area contributed by atoms with Crippen molar-refractivity contribution in [3.8, 4) is 5.69 Å². The largest absolute Gasteiger partial charge is 0.316 e. The van der Waals surface area contributed by atoms with Crippen LogP contribution in [0.15, 0.2) is 70.3 Å². The van der Waals surface area contributed by atoms with Gasteiger partial charge in [-0.25, -0.2) is 0 Å². The van der Waals surface area contributed by atoms with Crippen molar-refractivity contribution in [1.29, 1.82) is 0 Å². The molecule has 0 N–H and O–H groups in total. The van der Waals surface area contributed by atoms with Crippen LogP contribution in [-0.4, -0.2) is 10.8 Å². The Bertz CT molecular complexity index is 823. The van der Waals surface area contributed by atoms with Gasteiger partial charge in [0.15, 0.2) is 0 Å². The van der Waals surface area contributed by atoms with Crippen molar-refractivity contribution in [3.05, 3.63) is 81.0 Å². The molecule has 22 heavy (non-hydrogen) atoms. The van der Waals surface area contributed by atoms with Gasteiger partial charge in [-0.05, 0) is 48.5 Å². The van der Waals surface area contributed by atoms with Gasteiger partial charge < -0.3 is 4.57 Å². The Morgan fingerprint density at radius 3 is 2.50 bits per heavy atom. The van der Waals surface area contributed by atoms with Crippen LogP contribution in [0.3, 0.4) is 0 Å². The summed E-state index contributed by atoms with van der Waals surface area (Å²) >= 11 is 15.6. The topological polar surface area (TPSA) is 17.3 Å². The van der Waals surface area contributed by atoms with Gasteiger partial charge in [0.25, 0.3) is 0 Å². The fourth-order valence-corrected chi connectivity index (χ4v) is 2.67. The maximum absolute atomic E-state index is 6.15. The Balaban J connectivity index is 1.94. The maximum Gasteiger partial charge on any atom is 0.0848 e. The standard InChI is InChI=1S/C17H11BrCl2N2/c18-12-6-8-13(9-7-12)22-10-2-3-14(22)11-21-16-5-1-4-15(19)17(16)20/h1-11H. The molecule has 0 aliphatic heterocycles. The molecule has 2 aromatic carbocycles. The fraction of sp³-hybridized carbons (Fsp3) is 0. The Kier molecular flexibility index (Phi) is 4.67. The Morgan fingerprint density at radius 1 is 0.955 bits per heavy atom. The van der Waals surface area contributed by atoms with Gasteiger partial charge in [0.05, 0.1) is 27.6 Å². The van der Waals surface area contributed by atoms with Crippen molar-refractivity contribution >= 4 is 51.0 Å². The van der Waals surface area contributed by atoms with Crippen LogP contribution in [0, 0.1) is 0 Å². The molecule has 0 saturated carbocycles. The van der Waals surface area contributed by atoms with Crippen molar-refractivity contribution in [2.45, 2.75) is 0 Å². The molecule has 110 valence electrons. The van der Waals surface area contributed by atoms with Crippen LogP contribution in [0.4, 0.5) is 5.69 Å². The Labute approximate surface area is 147 Å². The lowest BCUT2D eigenvalue weighted by Gasteiger charge is -2.06. The van der Waals surface area contributed by atoms with Gasteiger partial charge in [0, 0.05) is 16.4 Å².